The number of hydrogen-bond donors (Lipinski definition) is 0. The first-order valence-electron chi connectivity index (χ1n) is 10.8. The van der Waals surface area contributed by atoms with E-state index in [1.165, 1.54) is 124 Å². The number of unbranched alkanes of at least 4 members (excludes halogenated alkanes) is 2. The molecule has 6 rings (SSSR count). The second kappa shape index (κ2) is 6.53. The minimum absolute atomic E-state index is 0.839. The minimum atomic E-state index is 0.839. The van der Waals surface area contributed by atoms with Crippen LogP contribution in [0.3, 0.4) is 0 Å². The van der Waals surface area contributed by atoms with Crippen LogP contribution in [0, 0.1) is 0 Å². The van der Waals surface area contributed by atoms with Crippen molar-refractivity contribution in [2.24, 2.45) is 0 Å². The first kappa shape index (κ1) is 17.3. The van der Waals surface area contributed by atoms with Crippen molar-refractivity contribution < 1.29 is 13.4 Å². The quantitative estimate of drug-likeness (QED) is 0.501. The molecule has 6 aliphatic rings. The maximum atomic E-state index is 2.67. The fraction of sp³-hybridized carbons (Fsp3) is 1.00. The predicted octanol–water partition coefficient (Wildman–Crippen LogP) is 1.37. The second-order valence-electron chi connectivity index (χ2n) is 9.86. The number of nitrogens with zero attached hydrogens (tertiary/aromatic N) is 4. The number of rotatable bonds is 7. The lowest BCUT2D eigenvalue weighted by Gasteiger charge is -2.57. The lowest BCUT2D eigenvalue weighted by molar-refractivity contribution is -1.09. The molecule has 6 heterocycles. The largest absolute Gasteiger partial charge is 0.320 e. The zero-order chi connectivity index (χ0) is 16.7. The lowest BCUT2D eigenvalue weighted by Crippen LogP contribution is -2.76. The van der Waals surface area contributed by atoms with Crippen molar-refractivity contribution in [3.05, 3.63) is 0 Å². The van der Waals surface area contributed by atoms with Gasteiger partial charge in [-0.1, -0.05) is 0 Å². The number of piperazine rings is 6. The Labute approximate surface area is 149 Å². The van der Waals surface area contributed by atoms with Gasteiger partial charge in [0.15, 0.2) is 0 Å². The zero-order valence-electron chi connectivity index (χ0n) is 16.4. The van der Waals surface area contributed by atoms with E-state index in [-0.39, 0.29) is 0 Å². The van der Waals surface area contributed by atoms with Crippen LogP contribution in [-0.4, -0.2) is 116 Å². The third kappa shape index (κ3) is 3.15. The SMILES string of the molecule is CC(C)[N+]12CC[N+](CCCCC[N+]34CCN(CC3)CC4)(CC1)CC2. The van der Waals surface area contributed by atoms with Crippen molar-refractivity contribution in [3.63, 3.8) is 0 Å². The number of fused-ring (bicyclic) bond motifs is 6. The summed E-state index contributed by atoms with van der Waals surface area (Å²) in [7, 11) is 0. The Bertz CT molecular complexity index is 401. The van der Waals surface area contributed by atoms with Crippen LogP contribution >= 0.6 is 0 Å². The third-order valence-electron chi connectivity index (χ3n) is 8.59. The fourth-order valence-electron chi connectivity index (χ4n) is 6.15. The van der Waals surface area contributed by atoms with E-state index in [0.29, 0.717) is 0 Å². The molecular weight excluding hydrogens is 296 g/mol. The van der Waals surface area contributed by atoms with Gasteiger partial charge in [-0.15, -0.1) is 0 Å². The molecule has 4 bridgehead atoms. The highest BCUT2D eigenvalue weighted by atomic mass is 15.5. The molecule has 0 aromatic rings. The maximum Gasteiger partial charge on any atom is 0.129 e. The molecule has 0 radical (unpaired) electrons. The van der Waals surface area contributed by atoms with Gasteiger partial charge in [0.2, 0.25) is 0 Å². The second-order valence-corrected chi connectivity index (χ2v) is 9.86. The van der Waals surface area contributed by atoms with E-state index >= 15 is 0 Å². The molecule has 0 aliphatic carbocycles. The summed E-state index contributed by atoms with van der Waals surface area (Å²) in [5.74, 6) is 0. The normalized spacial score (nSPS) is 44.4. The Morgan fingerprint density at radius 3 is 1.54 bits per heavy atom. The summed E-state index contributed by atoms with van der Waals surface area (Å²) in [4.78, 5) is 2.67. The molecule has 6 aliphatic heterocycles. The molecule has 0 aromatic carbocycles. The van der Waals surface area contributed by atoms with E-state index in [0.717, 1.165) is 6.04 Å². The van der Waals surface area contributed by atoms with Crippen molar-refractivity contribution in [2.45, 2.75) is 39.2 Å². The average molecular weight is 338 g/mol. The molecule has 138 valence electrons. The van der Waals surface area contributed by atoms with Gasteiger partial charge in [0.05, 0.1) is 38.8 Å². The van der Waals surface area contributed by atoms with Crippen molar-refractivity contribution >= 4 is 0 Å². The minimum Gasteiger partial charge on any atom is -0.320 e. The van der Waals surface area contributed by atoms with Crippen LogP contribution in [0.1, 0.15) is 33.1 Å². The van der Waals surface area contributed by atoms with E-state index < -0.39 is 0 Å². The average Bonchev–Trinajstić information content (AvgIpc) is 2.64. The highest BCUT2D eigenvalue weighted by Crippen LogP contribution is 2.30. The van der Waals surface area contributed by atoms with E-state index in [2.05, 4.69) is 18.7 Å². The molecule has 0 amide bonds. The highest BCUT2D eigenvalue weighted by molar-refractivity contribution is 4.71. The van der Waals surface area contributed by atoms with Gasteiger partial charge in [-0.3, -0.25) is 4.90 Å². The summed E-state index contributed by atoms with van der Waals surface area (Å²) in [5, 5.41) is 0. The first-order chi connectivity index (χ1) is 11.6. The van der Waals surface area contributed by atoms with Crippen molar-refractivity contribution in [1.82, 2.24) is 4.90 Å². The molecule has 24 heavy (non-hydrogen) atoms. The Kier molecular flexibility index (Phi) is 4.70. The molecule has 0 aromatic heterocycles. The molecule has 4 nitrogen and oxygen atoms in total. The van der Waals surface area contributed by atoms with Gasteiger partial charge in [-0.2, -0.15) is 0 Å². The molecule has 0 atom stereocenters. The predicted molar refractivity (Wildman–Crippen MR) is 99.7 cm³/mol. The van der Waals surface area contributed by atoms with Gasteiger partial charge >= 0.3 is 0 Å². The van der Waals surface area contributed by atoms with Crippen LogP contribution in [0.5, 0.6) is 0 Å². The lowest BCUT2D eigenvalue weighted by atomic mass is 10.0. The van der Waals surface area contributed by atoms with E-state index in [9.17, 15) is 0 Å². The van der Waals surface area contributed by atoms with Crippen LogP contribution in [0.2, 0.25) is 0 Å². The van der Waals surface area contributed by atoms with E-state index in [1.807, 2.05) is 0 Å². The van der Waals surface area contributed by atoms with Gasteiger partial charge in [0, 0.05) is 19.6 Å². The maximum absolute atomic E-state index is 2.67. The van der Waals surface area contributed by atoms with Crippen molar-refractivity contribution in [3.8, 4) is 0 Å². The summed E-state index contributed by atoms with van der Waals surface area (Å²) in [6, 6.07) is 0.839. The van der Waals surface area contributed by atoms with Crippen LogP contribution in [0.4, 0.5) is 0 Å². The Balaban J connectivity index is 1.18. The molecule has 0 unspecified atom stereocenters. The monoisotopic (exact) mass is 337 g/mol. The van der Waals surface area contributed by atoms with Crippen LogP contribution in [0.25, 0.3) is 0 Å². The summed E-state index contributed by atoms with van der Waals surface area (Å²) in [5.41, 5.74) is 0. The van der Waals surface area contributed by atoms with Crippen LogP contribution < -0.4 is 0 Å². The Morgan fingerprint density at radius 2 is 1.08 bits per heavy atom. The van der Waals surface area contributed by atoms with Crippen LogP contribution in [0.15, 0.2) is 0 Å². The van der Waals surface area contributed by atoms with Gasteiger partial charge in [-0.25, -0.2) is 0 Å². The van der Waals surface area contributed by atoms with Gasteiger partial charge in [-0.05, 0) is 33.1 Å². The first-order valence-corrected chi connectivity index (χ1v) is 10.8. The fourth-order valence-corrected chi connectivity index (χ4v) is 6.15. The number of quaternary nitrogens is 3. The molecule has 4 heteroatoms. The third-order valence-corrected chi connectivity index (χ3v) is 8.59. The Hall–Kier alpha value is -0.160. The summed E-state index contributed by atoms with van der Waals surface area (Å²) < 4.78 is 4.36. The molecule has 6 saturated heterocycles. The smallest absolute Gasteiger partial charge is 0.129 e. The zero-order valence-corrected chi connectivity index (χ0v) is 16.4. The standard InChI is InChI=1S/C20H41N4/c1-20(2)24-17-14-23(15-18-24,16-19-24)10-5-3-4-9-22-11-6-21(7-12-22)8-13-22/h20H,3-19H2,1-2H3/q+3. The number of hydrogen-bond acceptors (Lipinski definition) is 1. The van der Waals surface area contributed by atoms with Crippen molar-refractivity contribution in [2.75, 3.05) is 91.6 Å². The van der Waals surface area contributed by atoms with Crippen LogP contribution in [-0.2, 0) is 0 Å². The topological polar surface area (TPSA) is 3.24 Å². The summed E-state index contributed by atoms with van der Waals surface area (Å²) in [6.45, 7) is 25.0. The summed E-state index contributed by atoms with van der Waals surface area (Å²) in [6.07, 6.45) is 4.44. The summed E-state index contributed by atoms with van der Waals surface area (Å²) >= 11 is 0. The molecule has 0 saturated carbocycles. The highest BCUT2D eigenvalue weighted by Gasteiger charge is 2.49. The van der Waals surface area contributed by atoms with E-state index in [4.69, 9.17) is 0 Å². The molecule has 0 N–H and O–H groups in total. The molecule has 0 spiro atoms. The Morgan fingerprint density at radius 1 is 0.625 bits per heavy atom. The molecule has 6 fully saturated rings. The van der Waals surface area contributed by atoms with Gasteiger partial charge in [0.25, 0.3) is 0 Å². The van der Waals surface area contributed by atoms with Crippen molar-refractivity contribution in [1.29, 1.82) is 0 Å². The molecular formula is C20H41N4+3. The van der Waals surface area contributed by atoms with Gasteiger partial charge < -0.3 is 13.4 Å². The van der Waals surface area contributed by atoms with Gasteiger partial charge in [0.1, 0.15) is 39.3 Å². The van der Waals surface area contributed by atoms with E-state index in [1.54, 1.807) is 0 Å².